The first-order chi connectivity index (χ1) is 11.1. The summed E-state index contributed by atoms with van der Waals surface area (Å²) < 4.78 is 13.1. The molecule has 1 saturated carbocycles. The lowest BCUT2D eigenvalue weighted by Crippen LogP contribution is -2.50. The fourth-order valence-electron chi connectivity index (χ4n) is 3.02. The molecular formula is C19H19ClFNO. The number of amides is 1. The van der Waals surface area contributed by atoms with Gasteiger partial charge >= 0.3 is 0 Å². The van der Waals surface area contributed by atoms with Crippen LogP contribution in [0.5, 0.6) is 0 Å². The predicted molar refractivity (Wildman–Crippen MR) is 89.8 cm³/mol. The molecule has 2 aromatic rings. The quantitative estimate of drug-likeness (QED) is 0.851. The Morgan fingerprint density at radius 3 is 2.30 bits per heavy atom. The minimum Gasteiger partial charge on any atom is -0.347 e. The van der Waals surface area contributed by atoms with E-state index >= 15 is 0 Å². The number of carbonyl (C=O) groups excluding carboxylic acids is 1. The smallest absolute Gasteiger partial charge is 0.221 e. The summed E-state index contributed by atoms with van der Waals surface area (Å²) in [6.07, 6.45) is 4.01. The van der Waals surface area contributed by atoms with Crippen LogP contribution in [0.1, 0.15) is 36.8 Å². The molecule has 0 heterocycles. The first-order valence-corrected chi connectivity index (χ1v) is 8.27. The molecule has 2 nitrogen and oxygen atoms in total. The first kappa shape index (κ1) is 16.0. The van der Waals surface area contributed by atoms with Crippen molar-refractivity contribution in [2.75, 3.05) is 0 Å². The molecule has 1 amide bonds. The third-order valence-corrected chi connectivity index (χ3v) is 4.79. The van der Waals surface area contributed by atoms with Crippen molar-refractivity contribution in [1.82, 2.24) is 5.32 Å². The van der Waals surface area contributed by atoms with E-state index in [0.717, 1.165) is 30.4 Å². The van der Waals surface area contributed by atoms with Gasteiger partial charge in [-0.15, -0.1) is 0 Å². The normalized spacial score (nSPS) is 15.7. The summed E-state index contributed by atoms with van der Waals surface area (Å²) in [7, 11) is 0. The molecule has 0 radical (unpaired) electrons. The molecule has 23 heavy (non-hydrogen) atoms. The number of benzene rings is 2. The highest BCUT2D eigenvalue weighted by molar-refractivity contribution is 6.30. The largest absolute Gasteiger partial charge is 0.347 e. The van der Waals surface area contributed by atoms with Crippen LogP contribution in [-0.2, 0) is 16.8 Å². The molecule has 1 N–H and O–H groups in total. The van der Waals surface area contributed by atoms with Crippen LogP contribution in [0.25, 0.3) is 0 Å². The molecule has 0 aliphatic heterocycles. The van der Waals surface area contributed by atoms with Gasteiger partial charge in [0.15, 0.2) is 0 Å². The lowest BCUT2D eigenvalue weighted by atomic mass is 9.71. The van der Waals surface area contributed by atoms with Crippen LogP contribution >= 0.6 is 11.6 Å². The Balaban J connectivity index is 1.61. The van der Waals surface area contributed by atoms with Crippen molar-refractivity contribution < 1.29 is 9.18 Å². The van der Waals surface area contributed by atoms with Crippen molar-refractivity contribution in [3.05, 3.63) is 70.5 Å². The average molecular weight is 332 g/mol. The Bertz CT molecular complexity index is 678. The van der Waals surface area contributed by atoms with Crippen molar-refractivity contribution in [2.45, 2.75) is 37.6 Å². The molecule has 3 rings (SSSR count). The number of hydrogen-bond acceptors (Lipinski definition) is 1. The summed E-state index contributed by atoms with van der Waals surface area (Å²) in [6.45, 7) is 0. The summed E-state index contributed by atoms with van der Waals surface area (Å²) >= 11 is 5.86. The molecule has 1 aliphatic rings. The zero-order chi connectivity index (χ0) is 16.3. The van der Waals surface area contributed by atoms with Gasteiger partial charge in [-0.3, -0.25) is 4.79 Å². The minimum atomic E-state index is -0.315. The maximum absolute atomic E-state index is 13.1. The van der Waals surface area contributed by atoms with Gasteiger partial charge in [0, 0.05) is 11.4 Å². The molecule has 4 heteroatoms. The molecule has 1 fully saturated rings. The Kier molecular flexibility index (Phi) is 4.67. The Morgan fingerprint density at radius 1 is 1.09 bits per heavy atom. The van der Waals surface area contributed by atoms with Crippen LogP contribution in [-0.4, -0.2) is 5.91 Å². The summed E-state index contributed by atoms with van der Waals surface area (Å²) in [5.74, 6) is -0.221. The van der Waals surface area contributed by atoms with Gasteiger partial charge in [-0.1, -0.05) is 35.9 Å². The molecule has 0 bridgehead atoms. The monoisotopic (exact) mass is 331 g/mol. The van der Waals surface area contributed by atoms with Crippen LogP contribution in [0.3, 0.4) is 0 Å². The molecule has 0 atom stereocenters. The van der Waals surface area contributed by atoms with Gasteiger partial charge in [0.2, 0.25) is 5.91 Å². The zero-order valence-corrected chi connectivity index (χ0v) is 13.6. The third kappa shape index (κ3) is 3.73. The predicted octanol–water partition coefficient (Wildman–Crippen LogP) is 4.61. The number of hydrogen-bond donors (Lipinski definition) is 1. The molecule has 120 valence electrons. The van der Waals surface area contributed by atoms with Crippen LogP contribution < -0.4 is 5.32 Å². The molecule has 0 spiro atoms. The van der Waals surface area contributed by atoms with Crippen LogP contribution in [0, 0.1) is 5.82 Å². The van der Waals surface area contributed by atoms with E-state index in [-0.39, 0.29) is 17.3 Å². The second kappa shape index (κ2) is 6.71. The van der Waals surface area contributed by atoms with Gasteiger partial charge in [-0.2, -0.15) is 0 Å². The van der Waals surface area contributed by atoms with Crippen molar-refractivity contribution in [3.8, 4) is 0 Å². The number of rotatable bonds is 5. The number of halogens is 2. The van der Waals surface area contributed by atoms with Gasteiger partial charge in [0.25, 0.3) is 0 Å². The molecule has 0 saturated heterocycles. The van der Waals surface area contributed by atoms with E-state index in [1.807, 2.05) is 24.3 Å². The van der Waals surface area contributed by atoms with E-state index < -0.39 is 0 Å². The van der Waals surface area contributed by atoms with E-state index in [1.165, 1.54) is 12.1 Å². The van der Waals surface area contributed by atoms with Crippen molar-refractivity contribution in [3.63, 3.8) is 0 Å². The molecule has 1 aliphatic carbocycles. The molecule has 0 aromatic heterocycles. The maximum Gasteiger partial charge on any atom is 0.221 e. The van der Waals surface area contributed by atoms with Gasteiger partial charge in [-0.25, -0.2) is 4.39 Å². The van der Waals surface area contributed by atoms with Crippen molar-refractivity contribution >= 4 is 17.5 Å². The summed E-state index contributed by atoms with van der Waals surface area (Å²) in [5, 5.41) is 3.86. The van der Waals surface area contributed by atoms with Gasteiger partial charge in [0.1, 0.15) is 5.82 Å². The van der Waals surface area contributed by atoms with Crippen LogP contribution in [0.15, 0.2) is 48.5 Å². The second-order valence-electron chi connectivity index (χ2n) is 6.12. The van der Waals surface area contributed by atoms with E-state index in [2.05, 4.69) is 5.32 Å². The van der Waals surface area contributed by atoms with Crippen LogP contribution in [0.2, 0.25) is 5.02 Å². The second-order valence-corrected chi connectivity index (χ2v) is 6.55. The highest BCUT2D eigenvalue weighted by atomic mass is 35.5. The van der Waals surface area contributed by atoms with Crippen LogP contribution in [0.4, 0.5) is 4.39 Å². The summed E-state index contributed by atoms with van der Waals surface area (Å²) in [5.41, 5.74) is 1.77. The van der Waals surface area contributed by atoms with E-state index in [9.17, 15) is 9.18 Å². The number of carbonyl (C=O) groups is 1. The van der Waals surface area contributed by atoms with Crippen molar-refractivity contribution in [2.24, 2.45) is 0 Å². The minimum absolute atomic E-state index is 0.0315. The van der Waals surface area contributed by atoms with Gasteiger partial charge in [0.05, 0.1) is 5.54 Å². The molecule has 2 aromatic carbocycles. The average Bonchev–Trinajstić information content (AvgIpc) is 2.51. The summed E-state index contributed by atoms with van der Waals surface area (Å²) in [6, 6.07) is 14.0. The highest BCUT2D eigenvalue weighted by Gasteiger charge is 2.39. The van der Waals surface area contributed by atoms with Gasteiger partial charge in [-0.05, 0) is 61.1 Å². The highest BCUT2D eigenvalue weighted by Crippen LogP contribution is 2.41. The SMILES string of the molecule is O=C(CCc1ccc(Cl)cc1)NC1(c2ccc(F)cc2)CCC1. The Morgan fingerprint density at radius 2 is 1.74 bits per heavy atom. The van der Waals surface area contributed by atoms with E-state index in [1.54, 1.807) is 12.1 Å². The lowest BCUT2D eigenvalue weighted by Gasteiger charge is -2.43. The lowest BCUT2D eigenvalue weighted by molar-refractivity contribution is -0.124. The maximum atomic E-state index is 13.1. The fourth-order valence-corrected chi connectivity index (χ4v) is 3.15. The zero-order valence-electron chi connectivity index (χ0n) is 12.8. The molecule has 0 unspecified atom stereocenters. The van der Waals surface area contributed by atoms with Crippen molar-refractivity contribution in [1.29, 1.82) is 0 Å². The first-order valence-electron chi connectivity index (χ1n) is 7.89. The number of aryl methyl sites for hydroxylation is 1. The topological polar surface area (TPSA) is 29.1 Å². The molecular weight excluding hydrogens is 313 g/mol. The van der Waals surface area contributed by atoms with E-state index in [4.69, 9.17) is 11.6 Å². The Hall–Kier alpha value is -1.87. The number of nitrogens with one attached hydrogen (secondary N) is 1. The standard InChI is InChI=1S/C19H19ClFNO/c20-16-7-2-14(3-8-16)4-11-18(23)22-19(12-1-13-19)15-5-9-17(21)10-6-15/h2-3,5-10H,1,4,11-13H2,(H,22,23). The Labute approximate surface area is 140 Å². The summed E-state index contributed by atoms with van der Waals surface area (Å²) in [4.78, 5) is 12.3. The fraction of sp³-hybridized carbons (Fsp3) is 0.316. The van der Waals surface area contributed by atoms with Gasteiger partial charge < -0.3 is 5.32 Å². The van der Waals surface area contributed by atoms with E-state index in [0.29, 0.717) is 17.9 Å². The third-order valence-electron chi connectivity index (χ3n) is 4.54.